The molecule has 0 bridgehead atoms. The summed E-state index contributed by atoms with van der Waals surface area (Å²) in [7, 11) is 1.52. The molecular formula is C27H29FN2O5. The number of hydrogen-bond donors (Lipinski definition) is 1. The molecule has 8 heteroatoms. The Morgan fingerprint density at radius 3 is 2.37 bits per heavy atom. The summed E-state index contributed by atoms with van der Waals surface area (Å²) >= 11 is 0. The van der Waals surface area contributed by atoms with Gasteiger partial charge in [0.25, 0.3) is 5.91 Å². The zero-order valence-electron chi connectivity index (χ0n) is 20.0. The van der Waals surface area contributed by atoms with Crippen molar-refractivity contribution in [1.29, 1.82) is 0 Å². The third-order valence-electron chi connectivity index (χ3n) is 4.84. The topological polar surface area (TPSA) is 78.4 Å². The Labute approximate surface area is 204 Å². The van der Waals surface area contributed by atoms with Crippen molar-refractivity contribution in [3.8, 4) is 23.0 Å². The van der Waals surface area contributed by atoms with Crippen LogP contribution in [0.1, 0.15) is 41.8 Å². The maximum absolute atomic E-state index is 13.1. The van der Waals surface area contributed by atoms with Gasteiger partial charge in [0.1, 0.15) is 12.4 Å². The van der Waals surface area contributed by atoms with Crippen LogP contribution in [-0.4, -0.2) is 32.4 Å². The predicted octanol–water partition coefficient (Wildman–Crippen LogP) is 5.36. The number of halogens is 1. The van der Waals surface area contributed by atoms with Crippen molar-refractivity contribution in [2.24, 2.45) is 5.10 Å². The fraction of sp³-hybridized carbons (Fsp3) is 0.259. The van der Waals surface area contributed by atoms with E-state index >= 15 is 0 Å². The van der Waals surface area contributed by atoms with Gasteiger partial charge in [0.15, 0.2) is 23.0 Å². The van der Waals surface area contributed by atoms with E-state index in [2.05, 4.69) is 10.5 Å². The first-order chi connectivity index (χ1) is 17.0. The molecule has 0 aliphatic carbocycles. The van der Waals surface area contributed by atoms with E-state index in [4.69, 9.17) is 18.9 Å². The van der Waals surface area contributed by atoms with Gasteiger partial charge in [0, 0.05) is 5.56 Å². The van der Waals surface area contributed by atoms with Crippen molar-refractivity contribution < 1.29 is 28.1 Å². The molecule has 0 aromatic heterocycles. The number of hydrazone groups is 1. The van der Waals surface area contributed by atoms with Gasteiger partial charge in [-0.25, -0.2) is 9.82 Å². The average molecular weight is 481 g/mol. The minimum absolute atomic E-state index is 0.273. The van der Waals surface area contributed by atoms with Gasteiger partial charge >= 0.3 is 0 Å². The van der Waals surface area contributed by atoms with Crippen molar-refractivity contribution >= 4 is 12.1 Å². The van der Waals surface area contributed by atoms with E-state index in [1.54, 1.807) is 48.5 Å². The number of nitrogens with zero attached hydrogens (tertiary/aromatic N) is 1. The Morgan fingerprint density at radius 1 is 0.914 bits per heavy atom. The number of benzene rings is 3. The van der Waals surface area contributed by atoms with E-state index in [9.17, 15) is 9.18 Å². The van der Waals surface area contributed by atoms with Gasteiger partial charge in [-0.05, 0) is 73.0 Å². The van der Waals surface area contributed by atoms with Crippen LogP contribution in [0, 0.1) is 5.82 Å². The van der Waals surface area contributed by atoms with Gasteiger partial charge in [-0.15, -0.1) is 0 Å². The normalized spacial score (nSPS) is 10.7. The highest BCUT2D eigenvalue weighted by Gasteiger charge is 2.11. The fourth-order valence-corrected chi connectivity index (χ4v) is 3.10. The highest BCUT2D eigenvalue weighted by atomic mass is 19.1. The molecule has 1 N–H and O–H groups in total. The van der Waals surface area contributed by atoms with Crippen LogP contribution in [0.15, 0.2) is 65.8 Å². The van der Waals surface area contributed by atoms with Crippen LogP contribution in [-0.2, 0) is 6.61 Å². The molecule has 0 saturated carbocycles. The maximum atomic E-state index is 13.1. The first-order valence-electron chi connectivity index (χ1n) is 11.3. The highest BCUT2D eigenvalue weighted by Crippen LogP contribution is 2.29. The molecule has 0 aliphatic rings. The lowest BCUT2D eigenvalue weighted by molar-refractivity contribution is 0.0954. The van der Waals surface area contributed by atoms with Gasteiger partial charge in [0.2, 0.25) is 0 Å². The predicted molar refractivity (Wildman–Crippen MR) is 132 cm³/mol. The summed E-state index contributed by atoms with van der Waals surface area (Å²) in [5.74, 6) is 1.47. The summed E-state index contributed by atoms with van der Waals surface area (Å²) in [6.07, 6.45) is 2.38. The molecule has 0 aliphatic heterocycles. The molecule has 0 heterocycles. The maximum Gasteiger partial charge on any atom is 0.271 e. The van der Waals surface area contributed by atoms with Gasteiger partial charge in [-0.3, -0.25) is 4.79 Å². The first kappa shape index (κ1) is 25.6. The van der Waals surface area contributed by atoms with Crippen molar-refractivity contribution in [2.75, 3.05) is 20.3 Å². The molecule has 7 nitrogen and oxygen atoms in total. The molecule has 3 rings (SSSR count). The number of amides is 1. The van der Waals surface area contributed by atoms with Crippen LogP contribution in [0.3, 0.4) is 0 Å². The summed E-state index contributed by atoms with van der Waals surface area (Å²) in [6.45, 7) is 5.17. The molecule has 184 valence electrons. The number of carbonyl (C=O) groups excluding carboxylic acids is 1. The van der Waals surface area contributed by atoms with Crippen LogP contribution in [0.5, 0.6) is 23.0 Å². The largest absolute Gasteiger partial charge is 0.493 e. The zero-order valence-corrected chi connectivity index (χ0v) is 20.0. The molecule has 1 amide bonds. The second kappa shape index (κ2) is 13.0. The van der Waals surface area contributed by atoms with Gasteiger partial charge in [-0.2, -0.15) is 5.10 Å². The molecule has 35 heavy (non-hydrogen) atoms. The van der Waals surface area contributed by atoms with Gasteiger partial charge in [-0.1, -0.05) is 19.1 Å². The van der Waals surface area contributed by atoms with E-state index in [1.165, 1.54) is 25.5 Å². The molecule has 0 radical (unpaired) electrons. The minimum Gasteiger partial charge on any atom is -0.493 e. The molecule has 0 atom stereocenters. The number of carbonyl (C=O) groups is 1. The van der Waals surface area contributed by atoms with Crippen molar-refractivity contribution in [3.63, 3.8) is 0 Å². The lowest BCUT2D eigenvalue weighted by atomic mass is 10.2. The second-order valence-electron chi connectivity index (χ2n) is 7.47. The first-order valence-corrected chi connectivity index (χ1v) is 11.3. The monoisotopic (exact) mass is 480 g/mol. The van der Waals surface area contributed by atoms with E-state index < -0.39 is 0 Å². The van der Waals surface area contributed by atoms with E-state index in [0.717, 1.165) is 12.0 Å². The minimum atomic E-state index is -0.383. The van der Waals surface area contributed by atoms with Gasteiger partial charge < -0.3 is 18.9 Å². The van der Waals surface area contributed by atoms with E-state index in [0.29, 0.717) is 47.3 Å². The zero-order chi connectivity index (χ0) is 25.0. The Hall–Kier alpha value is -4.07. The molecule has 0 saturated heterocycles. The molecule has 0 fully saturated rings. The number of hydrogen-bond acceptors (Lipinski definition) is 6. The molecular weight excluding hydrogens is 451 g/mol. The summed E-state index contributed by atoms with van der Waals surface area (Å²) < 4.78 is 35.6. The quantitative estimate of drug-likeness (QED) is 0.279. The summed E-state index contributed by atoms with van der Waals surface area (Å²) in [5.41, 5.74) is 4.45. The second-order valence-corrected chi connectivity index (χ2v) is 7.47. The smallest absolute Gasteiger partial charge is 0.271 e. The van der Waals surface area contributed by atoms with Crippen molar-refractivity contribution in [2.45, 2.75) is 26.9 Å². The lowest BCUT2D eigenvalue weighted by Gasteiger charge is -2.12. The Kier molecular flexibility index (Phi) is 9.48. The molecule has 0 unspecified atom stereocenters. The highest BCUT2D eigenvalue weighted by molar-refractivity contribution is 5.95. The standard InChI is InChI=1S/C27H29FN2O5/c1-4-14-34-23-13-9-21(16-25(23)32-3)27(31)30-29-17-20-8-12-24(26(15-20)33-5-2)35-18-19-6-10-22(28)11-7-19/h6-13,15-17H,4-5,14,18H2,1-3H3,(H,30,31)/b29-17+. The van der Waals surface area contributed by atoms with Crippen LogP contribution in [0.25, 0.3) is 0 Å². The number of ether oxygens (including phenoxy) is 4. The van der Waals surface area contributed by atoms with E-state index in [1.807, 2.05) is 13.8 Å². The third-order valence-corrected chi connectivity index (χ3v) is 4.84. The third kappa shape index (κ3) is 7.46. The average Bonchev–Trinajstić information content (AvgIpc) is 2.88. The van der Waals surface area contributed by atoms with Gasteiger partial charge in [0.05, 0.1) is 26.5 Å². The number of rotatable bonds is 12. The van der Waals surface area contributed by atoms with Crippen LogP contribution >= 0.6 is 0 Å². The summed E-state index contributed by atoms with van der Waals surface area (Å²) in [5, 5.41) is 4.05. The number of methoxy groups -OCH3 is 1. The Balaban J connectivity index is 1.64. The van der Waals surface area contributed by atoms with Crippen LogP contribution in [0.2, 0.25) is 0 Å². The van der Waals surface area contributed by atoms with Crippen LogP contribution < -0.4 is 24.4 Å². The fourth-order valence-electron chi connectivity index (χ4n) is 3.10. The lowest BCUT2D eigenvalue weighted by Crippen LogP contribution is -2.17. The molecule has 0 spiro atoms. The van der Waals surface area contributed by atoms with Crippen LogP contribution in [0.4, 0.5) is 4.39 Å². The number of nitrogens with one attached hydrogen (secondary N) is 1. The Bertz CT molecular complexity index is 1150. The van der Waals surface area contributed by atoms with Crippen molar-refractivity contribution in [1.82, 2.24) is 5.43 Å². The summed E-state index contributed by atoms with van der Waals surface area (Å²) in [4.78, 5) is 12.5. The molecule has 3 aromatic carbocycles. The SMILES string of the molecule is CCCOc1ccc(C(=O)N/N=C/c2ccc(OCc3ccc(F)cc3)c(OCC)c2)cc1OC. The van der Waals surface area contributed by atoms with Crippen molar-refractivity contribution in [3.05, 3.63) is 83.2 Å². The van der Waals surface area contributed by atoms with E-state index in [-0.39, 0.29) is 18.3 Å². The summed E-state index contributed by atoms with van der Waals surface area (Å²) in [6, 6.07) is 16.4. The molecule has 3 aromatic rings. The Morgan fingerprint density at radius 2 is 1.66 bits per heavy atom.